The number of amides is 2. The van der Waals surface area contributed by atoms with E-state index in [1.807, 2.05) is 34.1 Å². The van der Waals surface area contributed by atoms with Crippen LogP contribution in [-0.4, -0.2) is 67.0 Å². The Bertz CT molecular complexity index is 1490. The molecule has 1 aromatic carbocycles. The number of carbonyl (C=O) groups is 2. The van der Waals surface area contributed by atoms with E-state index in [1.54, 1.807) is 18.4 Å². The molecule has 0 unspecified atom stereocenters. The zero-order chi connectivity index (χ0) is 26.9. The van der Waals surface area contributed by atoms with Gasteiger partial charge in [0.1, 0.15) is 6.04 Å². The molecule has 2 aliphatic rings. The number of piperidine rings is 1. The summed E-state index contributed by atoms with van der Waals surface area (Å²) < 4.78 is 6.75. The number of nitrogens with one attached hydrogen (secondary N) is 1. The summed E-state index contributed by atoms with van der Waals surface area (Å²) in [4.78, 5) is 43.7. The van der Waals surface area contributed by atoms with Gasteiger partial charge in [-0.3, -0.25) is 9.59 Å². The van der Waals surface area contributed by atoms with Crippen molar-refractivity contribution >= 4 is 35.2 Å². The second kappa shape index (κ2) is 10.4. The maximum atomic E-state index is 13.6. The van der Waals surface area contributed by atoms with E-state index in [9.17, 15) is 9.59 Å². The highest BCUT2D eigenvalue weighted by atomic mass is 16.3. The monoisotopic (exact) mass is 529 g/mol. The fourth-order valence-electron chi connectivity index (χ4n) is 5.38. The molecule has 2 aliphatic heterocycles. The summed E-state index contributed by atoms with van der Waals surface area (Å²) in [7, 11) is 0. The van der Waals surface area contributed by atoms with Crippen LogP contribution in [0.1, 0.15) is 38.2 Å². The van der Waals surface area contributed by atoms with Gasteiger partial charge in [-0.15, -0.1) is 5.10 Å². The van der Waals surface area contributed by atoms with E-state index in [4.69, 9.17) is 10.2 Å². The number of likely N-dealkylation sites (tertiary alicyclic amines) is 1. The Hall–Kier alpha value is -4.48. The number of anilines is 3. The minimum atomic E-state index is -0.388. The van der Waals surface area contributed by atoms with Crippen LogP contribution in [0.15, 0.2) is 47.1 Å². The van der Waals surface area contributed by atoms with E-state index in [0.29, 0.717) is 62.2 Å². The van der Waals surface area contributed by atoms with E-state index in [0.717, 1.165) is 18.5 Å². The lowest BCUT2D eigenvalue weighted by atomic mass is 9.95. The van der Waals surface area contributed by atoms with Crippen molar-refractivity contribution in [3.05, 3.63) is 48.2 Å². The number of nitrogens with zero attached hydrogens (tertiary/aromatic N) is 7. The first kappa shape index (κ1) is 24.8. The molecule has 202 valence electrons. The van der Waals surface area contributed by atoms with Crippen molar-refractivity contribution in [3.63, 3.8) is 0 Å². The molecule has 39 heavy (non-hydrogen) atoms. The van der Waals surface area contributed by atoms with Crippen LogP contribution in [0.4, 0.5) is 17.6 Å². The Morgan fingerprint density at radius 2 is 1.92 bits per heavy atom. The van der Waals surface area contributed by atoms with E-state index in [1.165, 1.54) is 10.1 Å². The first-order chi connectivity index (χ1) is 19.0. The van der Waals surface area contributed by atoms with E-state index >= 15 is 0 Å². The molecule has 4 aromatic rings. The SMILES string of the molecule is CCc1cccc(NC(=O)C2CCN(C(=O)[C@@H]3CCCN3c3nc(N)n4nc(-c5ccco5)nc4n3)CC2)c1. The molecule has 2 amide bonds. The number of rotatable bonds is 6. The molecule has 0 aliphatic carbocycles. The van der Waals surface area contributed by atoms with Crippen molar-refractivity contribution in [1.29, 1.82) is 0 Å². The zero-order valence-electron chi connectivity index (χ0n) is 21.8. The number of hydrogen-bond donors (Lipinski definition) is 2. The van der Waals surface area contributed by atoms with E-state index in [-0.39, 0.29) is 29.7 Å². The minimum Gasteiger partial charge on any atom is -0.461 e. The van der Waals surface area contributed by atoms with Gasteiger partial charge in [0.2, 0.25) is 29.5 Å². The summed E-state index contributed by atoms with van der Waals surface area (Å²) in [5.74, 6) is 1.56. The maximum Gasteiger partial charge on any atom is 0.259 e. The van der Waals surface area contributed by atoms with Crippen molar-refractivity contribution in [2.45, 2.75) is 45.1 Å². The van der Waals surface area contributed by atoms with Gasteiger partial charge in [0.25, 0.3) is 5.78 Å². The van der Waals surface area contributed by atoms with Crippen molar-refractivity contribution in [2.24, 2.45) is 5.92 Å². The summed E-state index contributed by atoms with van der Waals surface area (Å²) in [6.45, 7) is 3.80. The van der Waals surface area contributed by atoms with Gasteiger partial charge in [-0.05, 0) is 61.9 Å². The Balaban J connectivity index is 1.12. The molecule has 12 nitrogen and oxygen atoms in total. The molecule has 12 heteroatoms. The number of nitrogens with two attached hydrogens (primary N) is 1. The standard InChI is InChI=1S/C27H31N9O3/c1-2-17-6-3-7-19(16-17)29-23(37)18-10-13-34(14-11-18)24(38)20-8-4-12-35(20)26-31-25(28)36-27(32-26)30-22(33-36)21-9-5-15-39-21/h3,5-7,9,15-16,18,20H,2,4,8,10-14H2,1H3,(H,29,37)(H2,28,30,31,32,33)/t20-/m0/s1. The van der Waals surface area contributed by atoms with Gasteiger partial charge in [-0.1, -0.05) is 19.1 Å². The van der Waals surface area contributed by atoms with Crippen LogP contribution in [0.5, 0.6) is 0 Å². The molecule has 1 atom stereocenters. The molecule has 2 saturated heterocycles. The average molecular weight is 530 g/mol. The van der Waals surface area contributed by atoms with E-state index < -0.39 is 0 Å². The quantitative estimate of drug-likeness (QED) is 0.385. The molecule has 5 heterocycles. The van der Waals surface area contributed by atoms with Crippen LogP contribution in [0, 0.1) is 5.92 Å². The molecular weight excluding hydrogens is 498 g/mol. The van der Waals surface area contributed by atoms with Gasteiger partial charge >= 0.3 is 0 Å². The average Bonchev–Trinajstić information content (AvgIpc) is 3.73. The first-order valence-electron chi connectivity index (χ1n) is 13.4. The number of benzene rings is 1. The van der Waals surface area contributed by atoms with Gasteiger partial charge in [0.15, 0.2) is 5.76 Å². The smallest absolute Gasteiger partial charge is 0.259 e. The highest BCUT2D eigenvalue weighted by molar-refractivity contribution is 5.93. The minimum absolute atomic E-state index is 0.0113. The van der Waals surface area contributed by atoms with Crippen LogP contribution in [0.25, 0.3) is 17.4 Å². The lowest BCUT2D eigenvalue weighted by molar-refractivity contribution is -0.135. The van der Waals surface area contributed by atoms with Crippen LogP contribution in [0.2, 0.25) is 0 Å². The molecule has 0 bridgehead atoms. The second-order valence-corrected chi connectivity index (χ2v) is 10.0. The number of carbonyl (C=O) groups excluding carboxylic acids is 2. The third-order valence-corrected chi connectivity index (χ3v) is 7.54. The third-order valence-electron chi connectivity index (χ3n) is 7.54. The molecular formula is C27H31N9O3. The normalized spacial score (nSPS) is 18.1. The number of aryl methyl sites for hydroxylation is 1. The summed E-state index contributed by atoms with van der Waals surface area (Å²) in [6, 6.07) is 11.0. The van der Waals surface area contributed by atoms with Gasteiger partial charge in [0, 0.05) is 31.2 Å². The highest BCUT2D eigenvalue weighted by Gasteiger charge is 2.37. The Morgan fingerprint density at radius 1 is 1.08 bits per heavy atom. The van der Waals surface area contributed by atoms with Crippen LogP contribution in [-0.2, 0) is 16.0 Å². The number of nitrogen functional groups attached to an aromatic ring is 1. The Morgan fingerprint density at radius 3 is 2.69 bits per heavy atom. The maximum absolute atomic E-state index is 13.6. The zero-order valence-corrected chi connectivity index (χ0v) is 21.8. The Labute approximate surface area is 225 Å². The van der Waals surface area contributed by atoms with Crippen molar-refractivity contribution in [2.75, 3.05) is 35.6 Å². The molecule has 2 fully saturated rings. The second-order valence-electron chi connectivity index (χ2n) is 10.0. The topological polar surface area (TPSA) is 148 Å². The lowest BCUT2D eigenvalue weighted by Gasteiger charge is -2.35. The largest absolute Gasteiger partial charge is 0.461 e. The number of aromatic nitrogens is 5. The predicted molar refractivity (Wildman–Crippen MR) is 145 cm³/mol. The van der Waals surface area contributed by atoms with Gasteiger partial charge in [-0.2, -0.15) is 19.5 Å². The lowest BCUT2D eigenvalue weighted by Crippen LogP contribution is -2.49. The van der Waals surface area contributed by atoms with Crippen LogP contribution >= 0.6 is 0 Å². The fraction of sp³-hybridized carbons (Fsp3) is 0.407. The molecule has 3 N–H and O–H groups in total. The highest BCUT2D eigenvalue weighted by Crippen LogP contribution is 2.28. The van der Waals surface area contributed by atoms with Crippen molar-refractivity contribution in [3.8, 4) is 11.6 Å². The van der Waals surface area contributed by atoms with Crippen molar-refractivity contribution in [1.82, 2.24) is 29.5 Å². The molecule has 0 radical (unpaired) electrons. The molecule has 6 rings (SSSR count). The molecule has 0 saturated carbocycles. The number of furan rings is 1. The van der Waals surface area contributed by atoms with Crippen LogP contribution < -0.4 is 16.0 Å². The van der Waals surface area contributed by atoms with Crippen molar-refractivity contribution < 1.29 is 14.0 Å². The number of hydrogen-bond acceptors (Lipinski definition) is 9. The summed E-state index contributed by atoms with van der Waals surface area (Å²) >= 11 is 0. The fourth-order valence-corrected chi connectivity index (χ4v) is 5.38. The summed E-state index contributed by atoms with van der Waals surface area (Å²) in [6.07, 6.45) is 5.25. The summed E-state index contributed by atoms with van der Waals surface area (Å²) in [5, 5.41) is 7.39. The third kappa shape index (κ3) is 4.89. The summed E-state index contributed by atoms with van der Waals surface area (Å²) in [5.41, 5.74) is 8.19. The van der Waals surface area contributed by atoms with Crippen LogP contribution in [0.3, 0.4) is 0 Å². The predicted octanol–water partition coefficient (Wildman–Crippen LogP) is 2.77. The van der Waals surface area contributed by atoms with Gasteiger partial charge in [-0.25, -0.2) is 0 Å². The first-order valence-corrected chi connectivity index (χ1v) is 13.4. The van der Waals surface area contributed by atoms with Gasteiger partial charge < -0.3 is 25.3 Å². The van der Waals surface area contributed by atoms with Gasteiger partial charge in [0.05, 0.1) is 6.26 Å². The van der Waals surface area contributed by atoms with E-state index in [2.05, 4.69) is 32.3 Å². The number of fused-ring (bicyclic) bond motifs is 1. The molecule has 3 aromatic heterocycles. The Kier molecular flexibility index (Phi) is 6.59. The molecule has 0 spiro atoms.